The Hall–Kier alpha value is -2.49. The second-order valence-corrected chi connectivity index (χ2v) is 6.36. The number of nitrogens with one attached hydrogen (secondary N) is 1. The minimum Gasteiger partial charge on any atom is -0.444 e. The molecule has 1 aliphatic heterocycles. The van der Waals surface area contributed by atoms with Gasteiger partial charge < -0.3 is 14.8 Å². The van der Waals surface area contributed by atoms with E-state index < -0.39 is 41.4 Å². The van der Waals surface area contributed by atoms with Crippen molar-refractivity contribution in [2.75, 3.05) is 5.06 Å². The average Bonchev–Trinajstić information content (AvgIpc) is 2.40. The van der Waals surface area contributed by atoms with E-state index in [2.05, 4.69) is 10.1 Å². The van der Waals surface area contributed by atoms with Crippen LogP contribution in [-0.4, -0.2) is 35.2 Å². The van der Waals surface area contributed by atoms with Gasteiger partial charge in [0.1, 0.15) is 17.3 Å². The van der Waals surface area contributed by atoms with Crippen LogP contribution >= 0.6 is 0 Å². The molecule has 1 heterocycles. The van der Waals surface area contributed by atoms with E-state index >= 15 is 0 Å². The third-order valence-corrected chi connectivity index (χ3v) is 3.14. The summed E-state index contributed by atoms with van der Waals surface area (Å²) in [5.41, 5.74) is -1.01. The van der Waals surface area contributed by atoms with Crippen LogP contribution in [0.4, 0.5) is 23.7 Å². The number of nitrogens with zero attached hydrogens (tertiary/aromatic N) is 1. The van der Waals surface area contributed by atoms with E-state index in [1.807, 2.05) is 0 Å². The normalized spacial score (nSPS) is 17.8. The molecule has 1 atom stereocenters. The van der Waals surface area contributed by atoms with E-state index in [0.717, 1.165) is 6.07 Å². The van der Waals surface area contributed by atoms with Crippen molar-refractivity contribution in [1.29, 1.82) is 0 Å². The number of alkyl carbamates (subject to hydrolysis) is 1. The predicted octanol–water partition coefficient (Wildman–Crippen LogP) is 2.76. The molecule has 0 unspecified atom stereocenters. The minimum atomic E-state index is -4.98. The van der Waals surface area contributed by atoms with Gasteiger partial charge in [0.25, 0.3) is 5.91 Å². The van der Waals surface area contributed by atoms with E-state index in [-0.39, 0.29) is 17.0 Å². The monoisotopic (exact) mass is 362 g/mol. The van der Waals surface area contributed by atoms with Gasteiger partial charge in [-0.25, -0.2) is 4.79 Å². The first kappa shape index (κ1) is 18.8. The fourth-order valence-corrected chi connectivity index (χ4v) is 2.31. The summed E-state index contributed by atoms with van der Waals surface area (Å²) >= 11 is 0. The summed E-state index contributed by atoms with van der Waals surface area (Å²) < 4.78 is 46.2. The molecule has 2 N–H and O–H groups in total. The lowest BCUT2D eigenvalue weighted by Crippen LogP contribution is -2.52. The molecule has 10 heteroatoms. The van der Waals surface area contributed by atoms with Crippen molar-refractivity contribution in [3.05, 3.63) is 23.8 Å². The number of anilines is 1. The molecule has 0 spiro atoms. The van der Waals surface area contributed by atoms with Gasteiger partial charge in [-0.2, -0.15) is 5.06 Å². The van der Waals surface area contributed by atoms with Gasteiger partial charge in [0.05, 0.1) is 0 Å². The highest BCUT2D eigenvalue weighted by Crippen LogP contribution is 2.38. The van der Waals surface area contributed by atoms with Crippen LogP contribution in [-0.2, 0) is 16.0 Å². The number of ether oxygens (including phenoxy) is 2. The average molecular weight is 362 g/mol. The van der Waals surface area contributed by atoms with Gasteiger partial charge in [-0.05, 0) is 32.4 Å². The molecule has 1 aliphatic rings. The maximum atomic E-state index is 12.5. The van der Waals surface area contributed by atoms with Crippen LogP contribution in [0.5, 0.6) is 5.75 Å². The Morgan fingerprint density at radius 1 is 1.32 bits per heavy atom. The number of halogens is 3. The Labute approximate surface area is 141 Å². The van der Waals surface area contributed by atoms with Gasteiger partial charge in [0.15, 0.2) is 5.75 Å². The van der Waals surface area contributed by atoms with Gasteiger partial charge in [-0.1, -0.05) is 12.1 Å². The highest BCUT2D eigenvalue weighted by Gasteiger charge is 2.39. The quantitative estimate of drug-likeness (QED) is 0.790. The lowest BCUT2D eigenvalue weighted by Gasteiger charge is -2.31. The van der Waals surface area contributed by atoms with Crippen LogP contribution in [0.25, 0.3) is 0 Å². The first-order valence-corrected chi connectivity index (χ1v) is 7.27. The number of amides is 2. The van der Waals surface area contributed by atoms with E-state index in [1.165, 1.54) is 12.1 Å². The largest absolute Gasteiger partial charge is 0.573 e. The van der Waals surface area contributed by atoms with Crippen molar-refractivity contribution in [2.45, 2.75) is 45.2 Å². The van der Waals surface area contributed by atoms with Crippen LogP contribution in [0.2, 0.25) is 0 Å². The number of carbonyl (C=O) groups is 2. The zero-order valence-corrected chi connectivity index (χ0v) is 13.7. The molecule has 0 radical (unpaired) electrons. The lowest BCUT2D eigenvalue weighted by molar-refractivity contribution is -0.274. The summed E-state index contributed by atoms with van der Waals surface area (Å²) in [7, 11) is 0. The third kappa shape index (κ3) is 4.75. The summed E-state index contributed by atoms with van der Waals surface area (Å²) in [5.74, 6) is -1.71. The molecule has 0 aliphatic carbocycles. The number of benzene rings is 1. The number of hydroxylamine groups is 1. The Bertz CT molecular complexity index is 685. The summed E-state index contributed by atoms with van der Waals surface area (Å²) in [6.07, 6.45) is -5.99. The molecule has 0 saturated heterocycles. The van der Waals surface area contributed by atoms with E-state index in [4.69, 9.17) is 4.74 Å². The van der Waals surface area contributed by atoms with Crippen LogP contribution in [0.1, 0.15) is 26.3 Å². The summed E-state index contributed by atoms with van der Waals surface area (Å²) in [6.45, 7) is 4.89. The predicted molar refractivity (Wildman–Crippen MR) is 79.3 cm³/mol. The van der Waals surface area contributed by atoms with Gasteiger partial charge >= 0.3 is 12.5 Å². The fraction of sp³-hybridized carbons (Fsp3) is 0.467. The Kier molecular flexibility index (Phi) is 4.85. The SMILES string of the molecule is CC(C)(C)OC(=O)N[C@H]1Cc2cccc(OC(F)(F)F)c2N(O)C1=O. The Balaban J connectivity index is 2.24. The molecule has 138 valence electrons. The van der Waals surface area contributed by atoms with Gasteiger partial charge in [-0.15, -0.1) is 13.2 Å². The van der Waals surface area contributed by atoms with E-state index in [1.54, 1.807) is 20.8 Å². The number of hydrogen-bond acceptors (Lipinski definition) is 5. The second-order valence-electron chi connectivity index (χ2n) is 6.36. The summed E-state index contributed by atoms with van der Waals surface area (Å²) in [5, 5.41) is 12.3. The maximum absolute atomic E-state index is 12.5. The molecule has 7 nitrogen and oxygen atoms in total. The van der Waals surface area contributed by atoms with Crippen molar-refractivity contribution >= 4 is 17.7 Å². The molecule has 1 aromatic carbocycles. The number of para-hydroxylation sites is 1. The second kappa shape index (κ2) is 6.43. The highest BCUT2D eigenvalue weighted by molar-refractivity contribution is 6.01. The first-order valence-electron chi connectivity index (χ1n) is 7.27. The van der Waals surface area contributed by atoms with Crippen LogP contribution in [0.3, 0.4) is 0 Å². The topological polar surface area (TPSA) is 88.1 Å². The van der Waals surface area contributed by atoms with E-state index in [9.17, 15) is 28.0 Å². The van der Waals surface area contributed by atoms with Crippen molar-refractivity contribution in [2.24, 2.45) is 0 Å². The highest BCUT2D eigenvalue weighted by atomic mass is 19.4. The molecule has 2 amide bonds. The number of carbonyl (C=O) groups excluding carboxylic acids is 2. The van der Waals surface area contributed by atoms with Crippen molar-refractivity contribution < 1.29 is 37.4 Å². The molecular formula is C15H17F3N2O5. The zero-order valence-electron chi connectivity index (χ0n) is 13.7. The number of hydrogen-bond donors (Lipinski definition) is 2. The third-order valence-electron chi connectivity index (χ3n) is 3.14. The number of rotatable bonds is 2. The number of alkyl halides is 3. The molecule has 0 saturated carbocycles. The molecule has 25 heavy (non-hydrogen) atoms. The molecule has 1 aromatic rings. The maximum Gasteiger partial charge on any atom is 0.573 e. The Morgan fingerprint density at radius 3 is 2.52 bits per heavy atom. The summed E-state index contributed by atoms with van der Waals surface area (Å²) in [4.78, 5) is 24.0. The molecular weight excluding hydrogens is 345 g/mol. The molecule has 0 bridgehead atoms. The molecule has 0 fully saturated rings. The Morgan fingerprint density at radius 2 is 1.96 bits per heavy atom. The van der Waals surface area contributed by atoms with Gasteiger partial charge in [-0.3, -0.25) is 10.0 Å². The molecule has 0 aromatic heterocycles. The van der Waals surface area contributed by atoms with Gasteiger partial charge in [0.2, 0.25) is 0 Å². The lowest BCUT2D eigenvalue weighted by atomic mass is 9.98. The van der Waals surface area contributed by atoms with Crippen molar-refractivity contribution in [3.8, 4) is 5.75 Å². The minimum absolute atomic E-state index is 0.0436. The van der Waals surface area contributed by atoms with Crippen molar-refractivity contribution in [1.82, 2.24) is 5.32 Å². The van der Waals surface area contributed by atoms with Crippen LogP contribution in [0.15, 0.2) is 18.2 Å². The van der Waals surface area contributed by atoms with Crippen LogP contribution < -0.4 is 15.1 Å². The number of fused-ring (bicyclic) bond motifs is 1. The zero-order chi connectivity index (χ0) is 19.0. The van der Waals surface area contributed by atoms with Crippen molar-refractivity contribution in [3.63, 3.8) is 0 Å². The molecule has 2 rings (SSSR count). The van der Waals surface area contributed by atoms with Crippen LogP contribution in [0, 0.1) is 0 Å². The smallest absolute Gasteiger partial charge is 0.444 e. The summed E-state index contributed by atoms with van der Waals surface area (Å²) in [6, 6.07) is 2.49. The van der Waals surface area contributed by atoms with E-state index in [0.29, 0.717) is 0 Å². The standard InChI is InChI=1S/C15H17F3N2O5/c1-14(2,3)25-13(22)19-9-7-8-5-4-6-10(24-15(16,17)18)11(8)20(23)12(9)21/h4-6,9,23H,7H2,1-3H3,(H,19,22)/t9-/m0/s1. The van der Waals surface area contributed by atoms with Gasteiger partial charge in [0, 0.05) is 6.42 Å². The fourth-order valence-electron chi connectivity index (χ4n) is 2.31. The first-order chi connectivity index (χ1) is 11.4.